The number of carboxylic acids is 1. The molecule has 27 heavy (non-hydrogen) atoms. The van der Waals surface area contributed by atoms with Crippen LogP contribution >= 0.6 is 11.3 Å². The number of hydrogen-bond acceptors (Lipinski definition) is 4. The van der Waals surface area contributed by atoms with Crippen LogP contribution in [0.25, 0.3) is 0 Å². The SMILES string of the molecule is CC(C)C[C@H](NC(=O)C(CC(=O)c1cccs1)Cc1ccccc1)C(=O)O. The van der Waals surface area contributed by atoms with E-state index in [1.807, 2.05) is 49.6 Å². The molecule has 1 heterocycles. The molecule has 0 saturated carbocycles. The van der Waals surface area contributed by atoms with Gasteiger partial charge in [-0.05, 0) is 35.8 Å². The lowest BCUT2D eigenvalue weighted by Crippen LogP contribution is -2.45. The van der Waals surface area contributed by atoms with Crippen molar-refractivity contribution in [2.24, 2.45) is 11.8 Å². The summed E-state index contributed by atoms with van der Waals surface area (Å²) < 4.78 is 0. The summed E-state index contributed by atoms with van der Waals surface area (Å²) in [5.41, 5.74) is 0.937. The number of benzene rings is 1. The van der Waals surface area contributed by atoms with E-state index >= 15 is 0 Å². The quantitative estimate of drug-likeness (QED) is 0.608. The Morgan fingerprint density at radius 2 is 1.78 bits per heavy atom. The maximum absolute atomic E-state index is 12.8. The minimum Gasteiger partial charge on any atom is -0.480 e. The predicted molar refractivity (Wildman–Crippen MR) is 106 cm³/mol. The molecule has 5 nitrogen and oxygen atoms in total. The summed E-state index contributed by atoms with van der Waals surface area (Å²) in [6.45, 7) is 3.81. The van der Waals surface area contributed by atoms with Crippen LogP contribution in [0.3, 0.4) is 0 Å². The molecule has 0 aliphatic carbocycles. The second kappa shape index (κ2) is 10.0. The highest BCUT2D eigenvalue weighted by Gasteiger charge is 2.28. The van der Waals surface area contributed by atoms with Gasteiger partial charge in [0.2, 0.25) is 5.91 Å². The summed E-state index contributed by atoms with van der Waals surface area (Å²) in [6.07, 6.45) is 0.783. The summed E-state index contributed by atoms with van der Waals surface area (Å²) in [7, 11) is 0. The van der Waals surface area contributed by atoms with Crippen LogP contribution in [-0.2, 0) is 16.0 Å². The fourth-order valence-corrected chi connectivity index (χ4v) is 3.58. The van der Waals surface area contributed by atoms with Crippen molar-refractivity contribution in [2.45, 2.75) is 39.2 Å². The first-order valence-electron chi connectivity index (χ1n) is 9.00. The van der Waals surface area contributed by atoms with Crippen molar-refractivity contribution < 1.29 is 19.5 Å². The molecule has 1 aromatic heterocycles. The molecule has 2 atom stereocenters. The number of carbonyl (C=O) groups excluding carboxylic acids is 2. The van der Waals surface area contributed by atoms with E-state index in [9.17, 15) is 19.5 Å². The fourth-order valence-electron chi connectivity index (χ4n) is 2.90. The van der Waals surface area contributed by atoms with E-state index in [0.29, 0.717) is 17.7 Å². The number of amides is 1. The van der Waals surface area contributed by atoms with Crippen LogP contribution in [0.2, 0.25) is 0 Å². The highest BCUT2D eigenvalue weighted by molar-refractivity contribution is 7.12. The number of rotatable bonds is 10. The molecule has 0 bridgehead atoms. The molecule has 0 radical (unpaired) electrons. The van der Waals surface area contributed by atoms with Crippen molar-refractivity contribution in [3.05, 3.63) is 58.3 Å². The normalized spacial score (nSPS) is 13.1. The van der Waals surface area contributed by atoms with Crippen LogP contribution in [-0.4, -0.2) is 28.8 Å². The number of hydrogen-bond donors (Lipinski definition) is 2. The molecule has 0 aliphatic heterocycles. The van der Waals surface area contributed by atoms with E-state index in [0.717, 1.165) is 5.56 Å². The summed E-state index contributed by atoms with van der Waals surface area (Å²) in [6, 6.07) is 12.0. The van der Waals surface area contributed by atoms with Gasteiger partial charge in [-0.3, -0.25) is 9.59 Å². The molecular formula is C21H25NO4S. The van der Waals surface area contributed by atoms with Gasteiger partial charge in [-0.2, -0.15) is 0 Å². The maximum atomic E-state index is 12.8. The lowest BCUT2D eigenvalue weighted by atomic mass is 9.92. The monoisotopic (exact) mass is 387 g/mol. The van der Waals surface area contributed by atoms with Gasteiger partial charge in [0.1, 0.15) is 6.04 Å². The van der Waals surface area contributed by atoms with Crippen molar-refractivity contribution in [3.8, 4) is 0 Å². The molecular weight excluding hydrogens is 362 g/mol. The zero-order valence-electron chi connectivity index (χ0n) is 15.6. The van der Waals surface area contributed by atoms with Gasteiger partial charge in [-0.25, -0.2) is 4.79 Å². The van der Waals surface area contributed by atoms with Gasteiger partial charge >= 0.3 is 5.97 Å². The first-order valence-corrected chi connectivity index (χ1v) is 9.88. The number of thiophene rings is 1. The van der Waals surface area contributed by atoms with Crippen LogP contribution < -0.4 is 5.32 Å². The lowest BCUT2D eigenvalue weighted by molar-refractivity contribution is -0.142. The van der Waals surface area contributed by atoms with Crippen LogP contribution in [0.15, 0.2) is 47.8 Å². The van der Waals surface area contributed by atoms with Crippen LogP contribution in [0.1, 0.15) is 41.9 Å². The van der Waals surface area contributed by atoms with Crippen molar-refractivity contribution in [2.75, 3.05) is 0 Å². The summed E-state index contributed by atoms with van der Waals surface area (Å²) in [5.74, 6) is -2.03. The predicted octanol–water partition coefficient (Wildman–Crippen LogP) is 3.80. The largest absolute Gasteiger partial charge is 0.480 e. The topological polar surface area (TPSA) is 83.5 Å². The van der Waals surface area contributed by atoms with Crippen LogP contribution in [0, 0.1) is 11.8 Å². The van der Waals surface area contributed by atoms with Crippen molar-refractivity contribution >= 4 is 29.0 Å². The standard InChI is InChI=1S/C21H25NO4S/c1-14(2)11-17(21(25)26)22-20(24)16(12-15-7-4-3-5-8-15)13-18(23)19-9-6-10-27-19/h3-10,14,16-17H,11-13H2,1-2H3,(H,22,24)(H,25,26)/t16?,17-/m0/s1. The summed E-state index contributed by atoms with van der Waals surface area (Å²) >= 11 is 1.34. The second-order valence-electron chi connectivity index (χ2n) is 7.02. The molecule has 1 aromatic carbocycles. The zero-order valence-corrected chi connectivity index (χ0v) is 16.4. The van der Waals surface area contributed by atoms with E-state index in [1.165, 1.54) is 11.3 Å². The number of aliphatic carboxylic acids is 1. The van der Waals surface area contributed by atoms with Gasteiger partial charge in [0, 0.05) is 12.3 Å². The van der Waals surface area contributed by atoms with Gasteiger partial charge in [-0.15, -0.1) is 11.3 Å². The van der Waals surface area contributed by atoms with Crippen LogP contribution in [0.5, 0.6) is 0 Å². The number of ketones is 1. The van der Waals surface area contributed by atoms with E-state index in [1.54, 1.807) is 12.1 Å². The smallest absolute Gasteiger partial charge is 0.326 e. The average molecular weight is 388 g/mol. The molecule has 2 rings (SSSR count). The molecule has 6 heteroatoms. The van der Waals surface area contributed by atoms with E-state index in [-0.39, 0.29) is 18.1 Å². The Balaban J connectivity index is 2.15. The third kappa shape index (κ3) is 6.64. The Morgan fingerprint density at radius 1 is 1.07 bits per heavy atom. The Bertz CT molecular complexity index is 756. The lowest BCUT2D eigenvalue weighted by Gasteiger charge is -2.21. The van der Waals surface area contributed by atoms with Crippen molar-refractivity contribution in [1.82, 2.24) is 5.32 Å². The van der Waals surface area contributed by atoms with E-state index < -0.39 is 23.8 Å². The Morgan fingerprint density at radius 3 is 2.33 bits per heavy atom. The minimum absolute atomic E-state index is 0.0509. The summed E-state index contributed by atoms with van der Waals surface area (Å²) in [4.78, 5) is 37.4. The molecule has 0 aliphatic rings. The molecule has 1 amide bonds. The highest BCUT2D eigenvalue weighted by Crippen LogP contribution is 2.19. The van der Waals surface area contributed by atoms with Gasteiger partial charge in [0.25, 0.3) is 0 Å². The Labute approximate surface area is 163 Å². The highest BCUT2D eigenvalue weighted by atomic mass is 32.1. The Hall–Kier alpha value is -2.47. The van der Waals surface area contributed by atoms with E-state index in [4.69, 9.17) is 0 Å². The number of carbonyl (C=O) groups is 3. The van der Waals surface area contributed by atoms with Crippen molar-refractivity contribution in [1.29, 1.82) is 0 Å². The van der Waals surface area contributed by atoms with Gasteiger partial charge in [0.05, 0.1) is 4.88 Å². The summed E-state index contributed by atoms with van der Waals surface area (Å²) in [5, 5.41) is 13.8. The fraction of sp³-hybridized carbons (Fsp3) is 0.381. The first kappa shape index (κ1) is 20.8. The van der Waals surface area contributed by atoms with Gasteiger partial charge in [-0.1, -0.05) is 50.2 Å². The third-order valence-corrected chi connectivity index (χ3v) is 5.16. The molecule has 0 spiro atoms. The molecule has 144 valence electrons. The number of Topliss-reactive ketones (excluding diaryl/α,β-unsaturated/α-hetero) is 1. The molecule has 0 saturated heterocycles. The third-order valence-electron chi connectivity index (χ3n) is 4.25. The van der Waals surface area contributed by atoms with Crippen molar-refractivity contribution in [3.63, 3.8) is 0 Å². The number of carboxylic acid groups (broad SMARTS) is 1. The first-order chi connectivity index (χ1) is 12.9. The Kier molecular flexibility index (Phi) is 7.73. The minimum atomic E-state index is -1.06. The molecule has 2 aromatic rings. The van der Waals surface area contributed by atoms with E-state index in [2.05, 4.69) is 5.32 Å². The number of nitrogens with one attached hydrogen (secondary N) is 1. The van der Waals surface area contributed by atoms with Crippen LogP contribution in [0.4, 0.5) is 0 Å². The van der Waals surface area contributed by atoms with Gasteiger partial charge < -0.3 is 10.4 Å². The molecule has 0 fully saturated rings. The molecule has 2 N–H and O–H groups in total. The molecule has 1 unspecified atom stereocenters. The second-order valence-corrected chi connectivity index (χ2v) is 7.97. The zero-order chi connectivity index (χ0) is 19.8. The average Bonchev–Trinajstić information content (AvgIpc) is 3.15. The van der Waals surface area contributed by atoms with Gasteiger partial charge in [0.15, 0.2) is 5.78 Å². The maximum Gasteiger partial charge on any atom is 0.326 e.